The fourth-order valence-corrected chi connectivity index (χ4v) is 6.89. The Labute approximate surface area is 248 Å². The molecule has 2 aromatic carbocycles. The Kier molecular flexibility index (Phi) is 10.2. The number of hydrogen-bond donors (Lipinski definition) is 2. The number of anilines is 1. The number of unbranched alkanes of at least 4 members (excludes halogenated alkanes) is 4. The van der Waals surface area contributed by atoms with Gasteiger partial charge in [-0.15, -0.1) is 0 Å². The first-order chi connectivity index (χ1) is 20.4. The predicted octanol–water partition coefficient (Wildman–Crippen LogP) is 6.26. The standard InChI is InChI=1S/C30H36F4N2O6S/c1-3-4-5-6-7-13-42-25-16-22(24(41-2)17-23(25)31)28(37)36-27-19-12-11-18(14-19)26(27)29(38)35-20-9-8-10-21(15-20)43(39,40)30(32,33)34/h8-10,15-19,26-27H,3-7,11-14H2,1-2H3,(H,35,38)(H,36,37)/t18-,19+,26+,27-/m1/s1. The van der Waals surface area contributed by atoms with Crippen LogP contribution in [0.1, 0.15) is 68.6 Å². The Hall–Kier alpha value is -3.35. The van der Waals surface area contributed by atoms with Crippen LogP contribution in [0.4, 0.5) is 23.2 Å². The average Bonchev–Trinajstić information content (AvgIpc) is 3.57. The highest BCUT2D eigenvalue weighted by atomic mass is 32.2. The molecule has 2 amide bonds. The number of ether oxygens (including phenoxy) is 2. The van der Waals surface area contributed by atoms with Crippen LogP contribution in [0.2, 0.25) is 0 Å². The minimum atomic E-state index is -5.60. The number of carbonyl (C=O) groups is 2. The van der Waals surface area contributed by atoms with Crippen LogP contribution in [0.5, 0.6) is 11.5 Å². The van der Waals surface area contributed by atoms with E-state index in [-0.39, 0.29) is 41.2 Å². The summed E-state index contributed by atoms with van der Waals surface area (Å²) < 4.78 is 88.4. The summed E-state index contributed by atoms with van der Waals surface area (Å²) in [6.45, 7) is 2.39. The van der Waals surface area contributed by atoms with E-state index in [9.17, 15) is 35.6 Å². The van der Waals surface area contributed by atoms with Crippen molar-refractivity contribution in [2.24, 2.45) is 17.8 Å². The summed E-state index contributed by atoms with van der Waals surface area (Å²) in [7, 11) is -4.30. The van der Waals surface area contributed by atoms with Gasteiger partial charge in [-0.25, -0.2) is 12.8 Å². The van der Waals surface area contributed by atoms with E-state index < -0.39 is 49.8 Å². The second-order valence-corrected chi connectivity index (χ2v) is 13.0. The van der Waals surface area contributed by atoms with E-state index in [0.717, 1.165) is 69.2 Å². The summed E-state index contributed by atoms with van der Waals surface area (Å²) in [5.74, 6) is -2.71. The van der Waals surface area contributed by atoms with Crippen molar-refractivity contribution in [3.63, 3.8) is 0 Å². The summed E-state index contributed by atoms with van der Waals surface area (Å²) in [6.07, 6.45) is 7.09. The van der Waals surface area contributed by atoms with Crippen LogP contribution < -0.4 is 20.1 Å². The van der Waals surface area contributed by atoms with Gasteiger partial charge >= 0.3 is 5.51 Å². The molecule has 0 aliphatic heterocycles. The normalized spacial score (nSPS) is 21.4. The third-order valence-electron chi connectivity index (χ3n) is 8.24. The van der Waals surface area contributed by atoms with E-state index in [2.05, 4.69) is 17.6 Å². The summed E-state index contributed by atoms with van der Waals surface area (Å²) in [5, 5.41) is 5.45. The van der Waals surface area contributed by atoms with Gasteiger partial charge in [0, 0.05) is 17.8 Å². The van der Waals surface area contributed by atoms with Crippen LogP contribution in [-0.4, -0.2) is 45.5 Å². The second kappa shape index (κ2) is 13.5. The summed E-state index contributed by atoms with van der Waals surface area (Å²) >= 11 is 0. The molecule has 2 aliphatic carbocycles. The minimum absolute atomic E-state index is 0.00265. The lowest BCUT2D eigenvalue weighted by Crippen LogP contribution is -2.48. The molecule has 0 radical (unpaired) electrons. The van der Waals surface area contributed by atoms with E-state index >= 15 is 0 Å². The van der Waals surface area contributed by atoms with Crippen molar-refractivity contribution in [1.82, 2.24) is 5.32 Å². The first kappa shape index (κ1) is 32.6. The highest BCUT2D eigenvalue weighted by molar-refractivity contribution is 7.92. The lowest BCUT2D eigenvalue weighted by molar-refractivity contribution is -0.122. The first-order valence-corrected chi connectivity index (χ1v) is 15.9. The second-order valence-electron chi connectivity index (χ2n) is 11.1. The van der Waals surface area contributed by atoms with Gasteiger partial charge in [-0.2, -0.15) is 13.2 Å². The molecule has 236 valence electrons. The molecule has 13 heteroatoms. The largest absolute Gasteiger partial charge is 0.501 e. The van der Waals surface area contributed by atoms with Crippen molar-refractivity contribution >= 4 is 27.3 Å². The van der Waals surface area contributed by atoms with E-state index in [4.69, 9.17) is 9.47 Å². The summed E-state index contributed by atoms with van der Waals surface area (Å²) in [6, 6.07) is 5.73. The molecule has 2 aliphatic rings. The van der Waals surface area contributed by atoms with Gasteiger partial charge in [0.05, 0.1) is 30.1 Å². The Morgan fingerprint density at radius 1 is 1.00 bits per heavy atom. The molecule has 2 bridgehead atoms. The van der Waals surface area contributed by atoms with Crippen LogP contribution in [0.25, 0.3) is 0 Å². The van der Waals surface area contributed by atoms with E-state index in [1.54, 1.807) is 0 Å². The monoisotopic (exact) mass is 628 g/mol. The zero-order valence-electron chi connectivity index (χ0n) is 24.0. The van der Waals surface area contributed by atoms with Crippen molar-refractivity contribution in [3.05, 3.63) is 47.8 Å². The van der Waals surface area contributed by atoms with Gasteiger partial charge in [-0.3, -0.25) is 9.59 Å². The van der Waals surface area contributed by atoms with Crippen molar-refractivity contribution in [3.8, 4) is 11.5 Å². The number of halogens is 4. The summed E-state index contributed by atoms with van der Waals surface area (Å²) in [5.41, 5.74) is -5.56. The van der Waals surface area contributed by atoms with E-state index in [1.165, 1.54) is 19.2 Å². The number of carbonyl (C=O) groups excluding carboxylic acids is 2. The average molecular weight is 629 g/mol. The maximum Gasteiger partial charge on any atom is 0.501 e. The zero-order valence-corrected chi connectivity index (χ0v) is 24.8. The van der Waals surface area contributed by atoms with Gasteiger partial charge in [-0.1, -0.05) is 38.7 Å². The van der Waals surface area contributed by atoms with Gasteiger partial charge in [0.25, 0.3) is 15.7 Å². The number of hydrogen-bond acceptors (Lipinski definition) is 6. The maximum atomic E-state index is 14.7. The number of nitrogens with one attached hydrogen (secondary N) is 2. The molecule has 0 unspecified atom stereocenters. The molecule has 0 aromatic heterocycles. The van der Waals surface area contributed by atoms with Crippen molar-refractivity contribution < 1.29 is 45.0 Å². The van der Waals surface area contributed by atoms with Gasteiger partial charge < -0.3 is 20.1 Å². The number of sulfone groups is 1. The Balaban J connectivity index is 1.49. The number of methoxy groups -OCH3 is 1. The quantitative estimate of drug-likeness (QED) is 0.200. The summed E-state index contributed by atoms with van der Waals surface area (Å²) in [4.78, 5) is 25.9. The van der Waals surface area contributed by atoms with Gasteiger partial charge in [0.15, 0.2) is 11.6 Å². The molecule has 2 fully saturated rings. The molecule has 2 aromatic rings. The van der Waals surface area contributed by atoms with Crippen molar-refractivity contribution in [2.75, 3.05) is 19.0 Å². The van der Waals surface area contributed by atoms with Crippen LogP contribution in [-0.2, 0) is 14.6 Å². The molecule has 0 spiro atoms. The molecule has 0 heterocycles. The number of fused-ring (bicyclic) bond motifs is 2. The Morgan fingerprint density at radius 2 is 1.72 bits per heavy atom. The molecule has 0 saturated heterocycles. The lowest BCUT2D eigenvalue weighted by Gasteiger charge is -2.31. The minimum Gasteiger partial charge on any atom is -0.496 e. The van der Waals surface area contributed by atoms with Crippen molar-refractivity contribution in [1.29, 1.82) is 0 Å². The van der Waals surface area contributed by atoms with Gasteiger partial charge in [0.1, 0.15) is 5.75 Å². The zero-order chi connectivity index (χ0) is 31.4. The number of rotatable bonds is 13. The molecule has 4 rings (SSSR count). The third kappa shape index (κ3) is 7.25. The SMILES string of the molecule is CCCCCCCOc1cc(C(=O)N[C@@H]2[C@H]3CC[C@H](C3)[C@@H]2C(=O)Nc2cccc(S(=O)(=O)C(F)(F)F)c2)c(OC)cc1F. The van der Waals surface area contributed by atoms with Crippen LogP contribution >= 0.6 is 0 Å². The third-order valence-corrected chi connectivity index (χ3v) is 9.72. The highest BCUT2D eigenvalue weighted by Gasteiger charge is 2.52. The van der Waals surface area contributed by atoms with E-state index in [0.29, 0.717) is 6.42 Å². The molecular weight excluding hydrogens is 592 g/mol. The molecule has 43 heavy (non-hydrogen) atoms. The Bertz CT molecular complexity index is 1430. The highest BCUT2D eigenvalue weighted by Crippen LogP contribution is 2.49. The molecular formula is C30H36F4N2O6S. The van der Waals surface area contributed by atoms with Crippen molar-refractivity contribution in [2.45, 2.75) is 74.7 Å². The van der Waals surface area contributed by atoms with E-state index in [1.807, 2.05) is 0 Å². The fraction of sp³-hybridized carbons (Fsp3) is 0.533. The van der Waals surface area contributed by atoms with Crippen LogP contribution in [0, 0.1) is 23.6 Å². The predicted molar refractivity (Wildman–Crippen MR) is 151 cm³/mol. The fourth-order valence-electron chi connectivity index (χ4n) is 6.09. The lowest BCUT2D eigenvalue weighted by atomic mass is 9.83. The van der Waals surface area contributed by atoms with Gasteiger partial charge in [0.2, 0.25) is 5.91 Å². The van der Waals surface area contributed by atoms with Crippen LogP contribution in [0.15, 0.2) is 41.3 Å². The first-order valence-electron chi connectivity index (χ1n) is 14.4. The molecule has 2 saturated carbocycles. The number of alkyl halides is 3. The molecule has 8 nitrogen and oxygen atoms in total. The number of benzene rings is 2. The smallest absolute Gasteiger partial charge is 0.496 e. The van der Waals surface area contributed by atoms with Crippen LogP contribution in [0.3, 0.4) is 0 Å². The Morgan fingerprint density at radius 3 is 2.42 bits per heavy atom. The number of amides is 2. The van der Waals surface area contributed by atoms with Gasteiger partial charge in [-0.05, 0) is 61.8 Å². The molecule has 4 atom stereocenters. The topological polar surface area (TPSA) is 111 Å². The maximum absolute atomic E-state index is 14.7. The molecule has 2 N–H and O–H groups in total.